The van der Waals surface area contributed by atoms with Crippen molar-refractivity contribution in [3.05, 3.63) is 139 Å². The molecule has 1 aliphatic heterocycles. The van der Waals surface area contributed by atoms with Crippen molar-refractivity contribution >= 4 is 57.5 Å². The molecule has 0 aliphatic carbocycles. The van der Waals surface area contributed by atoms with E-state index in [1.165, 1.54) is 38.7 Å². The Morgan fingerprint density at radius 3 is 2.42 bits per heavy atom. The number of aryl methyl sites for hydroxylation is 3. The van der Waals surface area contributed by atoms with Gasteiger partial charge in [-0.3, -0.25) is 24.4 Å². The minimum atomic E-state index is -0.569. The van der Waals surface area contributed by atoms with Gasteiger partial charge in [-0.1, -0.05) is 66.2 Å². The molecule has 0 fully saturated rings. The summed E-state index contributed by atoms with van der Waals surface area (Å²) in [6.07, 6.45) is 4.01. The van der Waals surface area contributed by atoms with Crippen molar-refractivity contribution in [2.45, 2.75) is 79.5 Å². The van der Waals surface area contributed by atoms with Crippen LogP contribution in [0.2, 0.25) is 5.02 Å². The maximum atomic E-state index is 12.7. The second-order valence-electron chi connectivity index (χ2n) is 14.9. The minimum absolute atomic E-state index is 0.0828. The van der Waals surface area contributed by atoms with Gasteiger partial charge in [0.1, 0.15) is 22.5 Å². The molecule has 0 saturated carbocycles. The van der Waals surface area contributed by atoms with Gasteiger partial charge in [0.2, 0.25) is 0 Å². The number of hydroxylamine groups is 1. The number of ether oxygens (including phenoxy) is 1. The number of fused-ring (bicyclic) bond motifs is 4. The minimum Gasteiger partial charge on any atom is -0.460 e. The summed E-state index contributed by atoms with van der Waals surface area (Å²) in [5.74, 6) is 0.555. The summed E-state index contributed by atoms with van der Waals surface area (Å²) in [5, 5.41) is 23.6. The van der Waals surface area contributed by atoms with E-state index < -0.39 is 17.6 Å². The third-order valence-corrected chi connectivity index (χ3v) is 11.0. The number of aromatic amines is 1. The predicted octanol–water partition coefficient (Wildman–Crippen LogP) is 8.86. The summed E-state index contributed by atoms with van der Waals surface area (Å²) in [6.45, 7) is 15.5. The molecule has 4 N–H and O–H groups in total. The van der Waals surface area contributed by atoms with E-state index in [1.807, 2.05) is 80.8 Å². The quantitative estimate of drug-likeness (QED) is 0.0356. The van der Waals surface area contributed by atoms with E-state index in [2.05, 4.69) is 65.5 Å². The first-order chi connectivity index (χ1) is 27.2. The third kappa shape index (κ3) is 9.95. The highest BCUT2D eigenvalue weighted by Gasteiger charge is 2.33. The number of rotatable bonds is 10. The number of para-hydroxylation sites is 1. The SMILES string of the molecule is Cc1[nH]c2ccccc2c1CCNCc1ccc(/C=C/C(=O)NO)cc1.Cc1sc2c(c1C)C(c1ccc(Cl)cc1)=N[C@@H](CC(=O)OC(C)(C)C)c1nnc(C)n1-2. The number of hydrogen-bond acceptors (Lipinski definition) is 9. The van der Waals surface area contributed by atoms with Crippen molar-refractivity contribution in [1.82, 2.24) is 30.5 Å². The molecular weight excluding hydrogens is 758 g/mol. The summed E-state index contributed by atoms with van der Waals surface area (Å²) in [5.41, 5.74) is 10.9. The Bertz CT molecular complexity index is 2440. The van der Waals surface area contributed by atoms with E-state index in [1.54, 1.807) is 22.9 Å². The number of halogens is 1. The number of esters is 1. The van der Waals surface area contributed by atoms with E-state index in [-0.39, 0.29) is 12.4 Å². The zero-order valence-corrected chi connectivity index (χ0v) is 34.8. The largest absolute Gasteiger partial charge is 0.460 e. The summed E-state index contributed by atoms with van der Waals surface area (Å²) in [7, 11) is 0. The van der Waals surface area contributed by atoms with Gasteiger partial charge in [-0.25, -0.2) is 5.48 Å². The van der Waals surface area contributed by atoms with Crippen LogP contribution < -0.4 is 10.8 Å². The fourth-order valence-electron chi connectivity index (χ4n) is 6.73. The second-order valence-corrected chi connectivity index (χ2v) is 16.6. The Labute approximate surface area is 341 Å². The van der Waals surface area contributed by atoms with Crippen molar-refractivity contribution in [3.63, 3.8) is 0 Å². The van der Waals surface area contributed by atoms with Crippen LogP contribution >= 0.6 is 22.9 Å². The third-order valence-electron chi connectivity index (χ3n) is 9.56. The lowest BCUT2D eigenvalue weighted by Gasteiger charge is -2.21. The highest BCUT2D eigenvalue weighted by atomic mass is 35.5. The van der Waals surface area contributed by atoms with Crippen molar-refractivity contribution in [1.29, 1.82) is 0 Å². The Balaban J connectivity index is 0.000000196. The first-order valence-electron chi connectivity index (χ1n) is 18.8. The average molecular weight is 806 g/mol. The number of nitrogens with zero attached hydrogens (tertiary/aromatic N) is 4. The van der Waals surface area contributed by atoms with Crippen molar-refractivity contribution in [2.24, 2.45) is 4.99 Å². The van der Waals surface area contributed by atoms with Crippen LogP contribution in [0.3, 0.4) is 0 Å². The monoisotopic (exact) mass is 805 g/mol. The Morgan fingerprint density at radius 1 is 1.00 bits per heavy atom. The number of hydrogen-bond donors (Lipinski definition) is 4. The predicted molar refractivity (Wildman–Crippen MR) is 228 cm³/mol. The lowest BCUT2D eigenvalue weighted by atomic mass is 9.99. The van der Waals surface area contributed by atoms with Crippen LogP contribution in [0.4, 0.5) is 0 Å². The van der Waals surface area contributed by atoms with Gasteiger partial charge < -0.3 is 15.0 Å². The van der Waals surface area contributed by atoms with Gasteiger partial charge in [0.25, 0.3) is 5.91 Å². The van der Waals surface area contributed by atoms with Gasteiger partial charge in [0, 0.05) is 50.2 Å². The van der Waals surface area contributed by atoms with Gasteiger partial charge in [-0.2, -0.15) is 0 Å². The molecule has 296 valence electrons. The first kappa shape index (κ1) is 41.2. The number of nitrogens with one attached hydrogen (secondary N) is 3. The molecule has 1 amide bonds. The van der Waals surface area contributed by atoms with Gasteiger partial charge in [-0.05, 0) is 108 Å². The highest BCUT2D eigenvalue weighted by molar-refractivity contribution is 7.15. The van der Waals surface area contributed by atoms with Crippen molar-refractivity contribution < 1.29 is 19.5 Å². The topological polar surface area (TPSA) is 147 Å². The van der Waals surface area contributed by atoms with E-state index in [0.717, 1.165) is 58.3 Å². The zero-order chi connectivity index (χ0) is 40.9. The van der Waals surface area contributed by atoms with Gasteiger partial charge in [0.05, 0.1) is 12.1 Å². The van der Waals surface area contributed by atoms with Gasteiger partial charge in [0.15, 0.2) is 5.82 Å². The Morgan fingerprint density at radius 2 is 1.72 bits per heavy atom. The van der Waals surface area contributed by atoms with Crippen LogP contribution in [-0.2, 0) is 27.3 Å². The molecule has 7 rings (SSSR count). The van der Waals surface area contributed by atoms with Crippen LogP contribution in [-0.4, -0.2) is 54.7 Å². The number of carbonyl (C=O) groups excluding carboxylic acids is 2. The molecule has 13 heteroatoms. The van der Waals surface area contributed by atoms with E-state index in [4.69, 9.17) is 26.5 Å². The van der Waals surface area contributed by atoms with Crippen LogP contribution in [0, 0.1) is 27.7 Å². The fourth-order valence-corrected chi connectivity index (χ4v) is 8.07. The molecule has 0 bridgehead atoms. The van der Waals surface area contributed by atoms with E-state index in [9.17, 15) is 9.59 Å². The maximum Gasteiger partial charge on any atom is 0.308 e. The summed E-state index contributed by atoms with van der Waals surface area (Å²) in [4.78, 5) is 33.4. The van der Waals surface area contributed by atoms with Crippen LogP contribution in [0.25, 0.3) is 22.0 Å². The number of amides is 1. The molecule has 3 aromatic heterocycles. The molecule has 57 heavy (non-hydrogen) atoms. The molecule has 11 nitrogen and oxygen atoms in total. The zero-order valence-electron chi connectivity index (χ0n) is 33.2. The van der Waals surface area contributed by atoms with Crippen LogP contribution in [0.1, 0.15) is 88.8 Å². The molecule has 0 radical (unpaired) electrons. The number of carbonyl (C=O) groups is 2. The summed E-state index contributed by atoms with van der Waals surface area (Å²) < 4.78 is 7.61. The number of H-pyrrole nitrogens is 1. The van der Waals surface area contributed by atoms with E-state index >= 15 is 0 Å². The number of aromatic nitrogens is 4. The van der Waals surface area contributed by atoms with Crippen LogP contribution in [0.15, 0.2) is 83.9 Å². The van der Waals surface area contributed by atoms with Gasteiger partial charge in [-0.15, -0.1) is 21.5 Å². The molecule has 1 atom stereocenters. The molecular formula is C44H48ClN7O4S. The lowest BCUT2D eigenvalue weighted by molar-refractivity contribution is -0.155. The molecule has 0 unspecified atom stereocenters. The smallest absolute Gasteiger partial charge is 0.308 e. The average Bonchev–Trinajstić information content (AvgIpc) is 3.78. The normalized spacial score (nSPS) is 13.7. The molecule has 6 aromatic rings. The molecule has 4 heterocycles. The highest BCUT2D eigenvalue weighted by Crippen LogP contribution is 2.40. The summed E-state index contributed by atoms with van der Waals surface area (Å²) >= 11 is 7.82. The van der Waals surface area contributed by atoms with E-state index in [0.29, 0.717) is 10.8 Å². The molecule has 0 spiro atoms. The lowest BCUT2D eigenvalue weighted by Crippen LogP contribution is -2.25. The van der Waals surface area contributed by atoms with Gasteiger partial charge >= 0.3 is 5.97 Å². The first-order valence-corrected chi connectivity index (χ1v) is 20.0. The number of aliphatic imine (C=N–C) groups is 1. The Hall–Kier alpha value is -5.40. The summed E-state index contributed by atoms with van der Waals surface area (Å²) in [6, 6.07) is 23.5. The van der Waals surface area contributed by atoms with Crippen LogP contribution in [0.5, 0.6) is 0 Å². The molecule has 0 saturated heterocycles. The van der Waals surface area contributed by atoms with Crippen molar-refractivity contribution in [3.8, 4) is 5.00 Å². The second kappa shape index (κ2) is 17.8. The number of benzene rings is 3. The van der Waals surface area contributed by atoms with Crippen molar-refractivity contribution in [2.75, 3.05) is 6.54 Å². The maximum absolute atomic E-state index is 12.7. The standard InChI is InChI=1S/C23H25ClN4O2S.C21H23N3O2/c1-12-13(2)31-22-19(12)20(15-7-9-16(24)10-8-15)25-17(11-18(29)30-23(4,5)6)21-27-26-14(3)28(21)22;1-15-18(19-4-2-3-5-20(19)23-15)12-13-22-14-17-8-6-16(7-9-17)10-11-21(25)24-26/h7-10,17H,11H2,1-6H3;2-11,22-23,26H,12-14H2,1H3,(H,24,25)/b;11-10+/t17-;/m0./s1. The number of thiophene rings is 1. The fraction of sp³-hybridized carbons (Fsp3) is 0.295. The Kier molecular flexibility index (Phi) is 12.9. The molecule has 3 aromatic carbocycles. The molecule has 1 aliphatic rings.